The number of halogens is 1. The van der Waals surface area contributed by atoms with Crippen LogP contribution in [0.15, 0.2) is 53.4 Å². The highest BCUT2D eigenvalue weighted by molar-refractivity contribution is 7.92. The second kappa shape index (κ2) is 9.67. The van der Waals surface area contributed by atoms with Crippen molar-refractivity contribution in [3.63, 3.8) is 0 Å². The zero-order valence-electron chi connectivity index (χ0n) is 16.5. The molecule has 0 atom stereocenters. The van der Waals surface area contributed by atoms with Gasteiger partial charge in [-0.05, 0) is 44.8 Å². The Hall–Kier alpha value is -2.00. The van der Waals surface area contributed by atoms with E-state index in [2.05, 4.69) is 4.98 Å². The average molecular weight is 454 g/mol. The molecular weight excluding hydrogens is 430 g/mol. The van der Waals surface area contributed by atoms with Crippen molar-refractivity contribution in [2.24, 2.45) is 0 Å². The van der Waals surface area contributed by atoms with Crippen LogP contribution in [-0.2, 0) is 14.6 Å². The summed E-state index contributed by atoms with van der Waals surface area (Å²) in [5.74, 6) is -1.05. The predicted octanol–water partition coefficient (Wildman–Crippen LogP) is 3.40. The molecule has 0 unspecified atom stereocenters. The molecular formula is C20H24ClN3O3S2. The fourth-order valence-electron chi connectivity index (χ4n) is 2.77. The number of amides is 1. The maximum absolute atomic E-state index is 13.0. The second-order valence-corrected chi connectivity index (χ2v) is 9.84. The quantitative estimate of drug-likeness (QED) is 0.548. The van der Waals surface area contributed by atoms with E-state index in [9.17, 15) is 13.2 Å². The minimum absolute atomic E-state index is 0. The minimum Gasteiger partial charge on any atom is -0.308 e. The lowest BCUT2D eigenvalue weighted by molar-refractivity contribution is -0.116. The molecule has 2 aromatic carbocycles. The number of para-hydroxylation sites is 1. The Kier molecular flexibility index (Phi) is 7.76. The molecule has 1 heterocycles. The van der Waals surface area contributed by atoms with Gasteiger partial charge in [-0.3, -0.25) is 9.69 Å². The van der Waals surface area contributed by atoms with Crippen molar-refractivity contribution in [3.05, 3.63) is 54.1 Å². The Bertz CT molecular complexity index is 1080. The Morgan fingerprint density at radius 2 is 1.72 bits per heavy atom. The maximum Gasteiger partial charge on any atom is 0.244 e. The minimum atomic E-state index is -3.72. The summed E-state index contributed by atoms with van der Waals surface area (Å²) in [6, 6.07) is 13.9. The molecule has 0 aliphatic rings. The number of hydrogen-bond donors (Lipinski definition) is 0. The number of sulfone groups is 1. The van der Waals surface area contributed by atoms with Crippen molar-refractivity contribution in [1.82, 2.24) is 9.88 Å². The monoisotopic (exact) mass is 453 g/mol. The zero-order chi connectivity index (χ0) is 20.3. The lowest BCUT2D eigenvalue weighted by atomic mass is 10.2. The predicted molar refractivity (Wildman–Crippen MR) is 121 cm³/mol. The number of likely N-dealkylation sites (N-methyl/N-ethyl adjacent to an activating group) is 1. The highest BCUT2D eigenvalue weighted by atomic mass is 35.5. The number of aromatic nitrogens is 1. The lowest BCUT2D eigenvalue weighted by Crippen LogP contribution is -2.40. The van der Waals surface area contributed by atoms with Gasteiger partial charge < -0.3 is 4.90 Å². The number of hydrogen-bond acceptors (Lipinski definition) is 6. The van der Waals surface area contributed by atoms with E-state index in [0.29, 0.717) is 18.2 Å². The smallest absolute Gasteiger partial charge is 0.244 e. The van der Waals surface area contributed by atoms with Crippen LogP contribution in [0.2, 0.25) is 0 Å². The number of thiazole rings is 1. The first-order chi connectivity index (χ1) is 13.3. The van der Waals surface area contributed by atoms with Gasteiger partial charge in [-0.15, -0.1) is 12.4 Å². The van der Waals surface area contributed by atoms with Crippen molar-refractivity contribution in [3.8, 4) is 0 Å². The Morgan fingerprint density at radius 1 is 1.03 bits per heavy atom. The van der Waals surface area contributed by atoms with E-state index >= 15 is 0 Å². The van der Waals surface area contributed by atoms with Crippen molar-refractivity contribution >= 4 is 54.8 Å². The Morgan fingerprint density at radius 3 is 2.34 bits per heavy atom. The number of carbonyl (C=O) groups excluding carboxylic acids is 1. The van der Waals surface area contributed by atoms with Crippen LogP contribution in [-0.4, -0.2) is 57.1 Å². The van der Waals surface area contributed by atoms with Crippen LogP contribution in [0.4, 0.5) is 5.13 Å². The summed E-state index contributed by atoms with van der Waals surface area (Å²) in [5.41, 5.74) is 1.87. The first-order valence-corrected chi connectivity index (χ1v) is 11.3. The summed E-state index contributed by atoms with van der Waals surface area (Å²) in [5, 5.41) is 0.527. The number of nitrogens with zero attached hydrogens (tertiary/aromatic N) is 3. The number of carbonyl (C=O) groups is 1. The van der Waals surface area contributed by atoms with Gasteiger partial charge in [-0.1, -0.05) is 41.7 Å². The van der Waals surface area contributed by atoms with E-state index in [-0.39, 0.29) is 17.3 Å². The molecule has 0 aliphatic heterocycles. The summed E-state index contributed by atoms with van der Waals surface area (Å²) < 4.78 is 26.3. The molecule has 1 amide bonds. The van der Waals surface area contributed by atoms with E-state index in [0.717, 1.165) is 15.8 Å². The summed E-state index contributed by atoms with van der Waals surface area (Å²) in [6.07, 6.45) is 0. The third-order valence-electron chi connectivity index (χ3n) is 4.33. The fraction of sp³-hybridized carbons (Fsp3) is 0.300. The van der Waals surface area contributed by atoms with Crippen LogP contribution >= 0.6 is 23.7 Å². The molecule has 0 fully saturated rings. The summed E-state index contributed by atoms with van der Waals surface area (Å²) >= 11 is 1.40. The third kappa shape index (κ3) is 5.54. The van der Waals surface area contributed by atoms with Crippen molar-refractivity contribution in [2.75, 3.05) is 37.8 Å². The van der Waals surface area contributed by atoms with Crippen molar-refractivity contribution in [2.45, 2.75) is 11.8 Å². The summed E-state index contributed by atoms with van der Waals surface area (Å²) in [4.78, 5) is 21.2. The molecule has 0 N–H and O–H groups in total. The molecule has 3 aromatic rings. The first-order valence-electron chi connectivity index (χ1n) is 8.87. The fourth-order valence-corrected chi connectivity index (χ4v) is 5.07. The molecule has 6 nitrogen and oxygen atoms in total. The second-order valence-electron chi connectivity index (χ2n) is 6.84. The Labute approximate surface area is 181 Å². The summed E-state index contributed by atoms with van der Waals surface area (Å²) in [7, 11) is 0.0999. The largest absolute Gasteiger partial charge is 0.308 e. The van der Waals surface area contributed by atoms with Crippen LogP contribution in [0.25, 0.3) is 10.2 Å². The van der Waals surface area contributed by atoms with E-state index in [4.69, 9.17) is 0 Å². The molecule has 1 aromatic heterocycles. The Balaban J connectivity index is 0.00000300. The molecule has 0 saturated carbocycles. The number of anilines is 1. The van der Waals surface area contributed by atoms with Gasteiger partial charge in [0.15, 0.2) is 15.0 Å². The number of rotatable bonds is 7. The van der Waals surface area contributed by atoms with Crippen molar-refractivity contribution < 1.29 is 13.2 Å². The third-order valence-corrected chi connectivity index (χ3v) is 6.99. The van der Waals surface area contributed by atoms with Gasteiger partial charge in [0, 0.05) is 13.1 Å². The van der Waals surface area contributed by atoms with Gasteiger partial charge in [0.2, 0.25) is 5.91 Å². The number of fused-ring (bicyclic) bond motifs is 1. The topological polar surface area (TPSA) is 70.6 Å². The molecule has 0 radical (unpaired) electrons. The molecule has 3 rings (SSSR count). The van der Waals surface area contributed by atoms with Gasteiger partial charge in [-0.25, -0.2) is 13.4 Å². The van der Waals surface area contributed by atoms with E-state index in [1.807, 2.05) is 44.1 Å². The van der Waals surface area contributed by atoms with Crippen LogP contribution in [0.1, 0.15) is 5.56 Å². The first kappa shape index (κ1) is 23.3. The van der Waals surface area contributed by atoms with Gasteiger partial charge in [0.1, 0.15) is 5.75 Å². The van der Waals surface area contributed by atoms with E-state index < -0.39 is 21.5 Å². The van der Waals surface area contributed by atoms with Gasteiger partial charge in [0.25, 0.3) is 0 Å². The van der Waals surface area contributed by atoms with Crippen LogP contribution in [0, 0.1) is 6.92 Å². The van der Waals surface area contributed by atoms with E-state index in [1.165, 1.54) is 28.4 Å². The normalized spacial score (nSPS) is 11.4. The van der Waals surface area contributed by atoms with Gasteiger partial charge in [-0.2, -0.15) is 0 Å². The highest BCUT2D eigenvalue weighted by Gasteiger charge is 2.26. The molecule has 0 bridgehead atoms. The van der Waals surface area contributed by atoms with Gasteiger partial charge in [0.05, 0.1) is 15.1 Å². The van der Waals surface area contributed by atoms with E-state index in [1.54, 1.807) is 18.2 Å². The lowest BCUT2D eigenvalue weighted by Gasteiger charge is -2.22. The van der Waals surface area contributed by atoms with Gasteiger partial charge >= 0.3 is 0 Å². The van der Waals surface area contributed by atoms with Crippen LogP contribution in [0.3, 0.4) is 0 Å². The molecule has 29 heavy (non-hydrogen) atoms. The molecule has 0 saturated heterocycles. The molecule has 156 valence electrons. The average Bonchev–Trinajstić information content (AvgIpc) is 3.07. The van der Waals surface area contributed by atoms with Crippen molar-refractivity contribution in [1.29, 1.82) is 0 Å². The molecule has 9 heteroatoms. The molecule has 0 aliphatic carbocycles. The summed E-state index contributed by atoms with van der Waals surface area (Å²) in [6.45, 7) is 2.94. The standard InChI is InChI=1S/C20H23N3O3S2.ClH/c1-15-8-7-11-17-19(15)21-20(27-17)23(13-12-22(2)3)18(24)14-28(25,26)16-9-5-4-6-10-16;/h4-11H,12-14H2,1-3H3;1H. The molecule has 0 spiro atoms. The zero-order valence-corrected chi connectivity index (χ0v) is 19.0. The highest BCUT2D eigenvalue weighted by Crippen LogP contribution is 2.31. The van der Waals surface area contributed by atoms with Crippen LogP contribution < -0.4 is 4.90 Å². The maximum atomic E-state index is 13.0. The SMILES string of the molecule is Cc1cccc2sc(N(CCN(C)C)C(=O)CS(=O)(=O)c3ccccc3)nc12.Cl. The van der Waals surface area contributed by atoms with Crippen LogP contribution in [0.5, 0.6) is 0 Å². The number of aryl methyl sites for hydroxylation is 1. The number of benzene rings is 2.